The number of rotatable bonds is 8. The summed E-state index contributed by atoms with van der Waals surface area (Å²) in [5.74, 6) is 1.99. The van der Waals surface area contributed by atoms with E-state index in [1.165, 1.54) is 0 Å². The number of nitrogens with one attached hydrogen (secondary N) is 2. The van der Waals surface area contributed by atoms with Gasteiger partial charge in [-0.1, -0.05) is 11.2 Å². The lowest BCUT2D eigenvalue weighted by atomic mass is 10.3. The van der Waals surface area contributed by atoms with Crippen molar-refractivity contribution in [3.05, 3.63) is 30.2 Å². The summed E-state index contributed by atoms with van der Waals surface area (Å²) in [7, 11) is 0. The molecule has 2 aromatic heterocycles. The summed E-state index contributed by atoms with van der Waals surface area (Å²) in [5.41, 5.74) is 0.665. The molecular formula is C21H32N8O2. The molecule has 2 N–H and O–H groups in total. The largest absolute Gasteiger partial charge is 0.357 e. The van der Waals surface area contributed by atoms with Gasteiger partial charge in [-0.3, -0.25) is 19.7 Å². The average molecular weight is 429 g/mol. The van der Waals surface area contributed by atoms with Gasteiger partial charge >= 0.3 is 0 Å². The van der Waals surface area contributed by atoms with Crippen molar-refractivity contribution in [3.63, 3.8) is 0 Å². The summed E-state index contributed by atoms with van der Waals surface area (Å²) in [4.78, 5) is 29.8. The minimum atomic E-state index is 0.0780. The average Bonchev–Trinajstić information content (AvgIpc) is 3.23. The molecule has 1 fully saturated rings. The van der Waals surface area contributed by atoms with Gasteiger partial charge in [-0.05, 0) is 32.9 Å². The van der Waals surface area contributed by atoms with Gasteiger partial charge in [0.2, 0.25) is 5.91 Å². The summed E-state index contributed by atoms with van der Waals surface area (Å²) in [5, 5.41) is 10.3. The molecule has 0 radical (unpaired) electrons. The first-order valence-electron chi connectivity index (χ1n) is 10.8. The molecule has 10 heteroatoms. The second kappa shape index (κ2) is 11.4. The lowest BCUT2D eigenvalue weighted by molar-refractivity contribution is -0.123. The van der Waals surface area contributed by atoms with Crippen LogP contribution in [0.1, 0.15) is 26.6 Å². The summed E-state index contributed by atoms with van der Waals surface area (Å²) in [6.07, 6.45) is 2.28. The van der Waals surface area contributed by atoms with Gasteiger partial charge in [-0.2, -0.15) is 4.98 Å². The maximum atomic E-state index is 12.0. The number of carbonyl (C=O) groups is 1. The van der Waals surface area contributed by atoms with Crippen LogP contribution in [0.4, 0.5) is 0 Å². The zero-order valence-corrected chi connectivity index (χ0v) is 18.5. The molecule has 0 bridgehead atoms. The van der Waals surface area contributed by atoms with Crippen LogP contribution >= 0.6 is 0 Å². The zero-order chi connectivity index (χ0) is 22.1. The van der Waals surface area contributed by atoms with Gasteiger partial charge < -0.3 is 20.1 Å². The first-order chi connectivity index (χ1) is 15.0. The van der Waals surface area contributed by atoms with E-state index < -0.39 is 0 Å². The molecule has 0 atom stereocenters. The molecule has 1 saturated heterocycles. The van der Waals surface area contributed by atoms with Crippen molar-refractivity contribution in [1.82, 2.24) is 35.6 Å². The van der Waals surface area contributed by atoms with Crippen LogP contribution in [0.25, 0.3) is 11.6 Å². The highest BCUT2D eigenvalue weighted by molar-refractivity contribution is 5.80. The Morgan fingerprint density at radius 2 is 2.06 bits per heavy atom. The van der Waals surface area contributed by atoms with E-state index in [-0.39, 0.29) is 11.9 Å². The Hall–Kier alpha value is -3.01. The first-order valence-corrected chi connectivity index (χ1v) is 10.8. The Bertz CT molecular complexity index is 844. The van der Waals surface area contributed by atoms with Crippen LogP contribution in [0.5, 0.6) is 0 Å². The number of piperazine rings is 1. The predicted molar refractivity (Wildman–Crippen MR) is 119 cm³/mol. The van der Waals surface area contributed by atoms with Gasteiger partial charge in [0.15, 0.2) is 11.8 Å². The number of aromatic nitrogens is 3. The Labute approximate surface area is 183 Å². The second-order valence-corrected chi connectivity index (χ2v) is 7.70. The van der Waals surface area contributed by atoms with E-state index >= 15 is 0 Å². The van der Waals surface area contributed by atoms with Crippen LogP contribution in [-0.4, -0.2) is 88.6 Å². The SMILES string of the molecule is CCNC(=NCCc1noc(-c2ccccn2)n1)N1CCN(CC(=O)NC(C)C)CC1. The smallest absolute Gasteiger partial charge is 0.276 e. The minimum Gasteiger partial charge on any atom is -0.357 e. The topological polar surface area (TPSA) is 112 Å². The normalized spacial score (nSPS) is 15.4. The van der Waals surface area contributed by atoms with Gasteiger partial charge in [-0.25, -0.2) is 0 Å². The molecule has 2 aromatic rings. The molecule has 31 heavy (non-hydrogen) atoms. The molecular weight excluding hydrogens is 396 g/mol. The fraction of sp³-hybridized carbons (Fsp3) is 0.571. The van der Waals surface area contributed by atoms with E-state index in [4.69, 9.17) is 9.52 Å². The van der Waals surface area contributed by atoms with Gasteiger partial charge in [0.05, 0.1) is 6.54 Å². The van der Waals surface area contributed by atoms with E-state index in [0.29, 0.717) is 36.9 Å². The van der Waals surface area contributed by atoms with Crippen LogP contribution < -0.4 is 10.6 Å². The van der Waals surface area contributed by atoms with Crippen LogP contribution in [0.3, 0.4) is 0 Å². The monoisotopic (exact) mass is 428 g/mol. The third kappa shape index (κ3) is 7.02. The first kappa shape index (κ1) is 22.7. The standard InChI is InChI=1S/C21H32N8O2/c1-4-22-21(29-13-11-28(12-14-29)15-19(30)25-16(2)3)24-10-8-18-26-20(31-27-18)17-7-5-6-9-23-17/h5-7,9,16H,4,8,10-15H2,1-3H3,(H,22,24)(H,25,30). The van der Waals surface area contributed by atoms with Crippen molar-refractivity contribution >= 4 is 11.9 Å². The third-order valence-electron chi connectivity index (χ3n) is 4.77. The number of hydrogen-bond acceptors (Lipinski definition) is 7. The van der Waals surface area contributed by atoms with Crippen LogP contribution in [0.2, 0.25) is 0 Å². The number of guanidine groups is 1. The van der Waals surface area contributed by atoms with E-state index in [1.807, 2.05) is 32.0 Å². The maximum Gasteiger partial charge on any atom is 0.276 e. The van der Waals surface area contributed by atoms with Crippen molar-refractivity contribution < 1.29 is 9.32 Å². The van der Waals surface area contributed by atoms with E-state index in [1.54, 1.807) is 6.20 Å². The van der Waals surface area contributed by atoms with Crippen molar-refractivity contribution in [2.24, 2.45) is 4.99 Å². The molecule has 1 aliphatic heterocycles. The fourth-order valence-electron chi connectivity index (χ4n) is 3.32. The molecule has 1 aliphatic rings. The minimum absolute atomic E-state index is 0.0780. The van der Waals surface area contributed by atoms with Crippen LogP contribution in [0.15, 0.2) is 33.9 Å². The number of nitrogens with zero attached hydrogens (tertiary/aromatic N) is 6. The van der Waals surface area contributed by atoms with E-state index in [2.05, 4.69) is 42.5 Å². The quantitative estimate of drug-likeness (QED) is 0.469. The lowest BCUT2D eigenvalue weighted by Gasteiger charge is -2.36. The Kier molecular flexibility index (Phi) is 8.34. The van der Waals surface area contributed by atoms with Gasteiger partial charge in [-0.15, -0.1) is 0 Å². The zero-order valence-electron chi connectivity index (χ0n) is 18.5. The molecule has 3 heterocycles. The number of carbonyl (C=O) groups excluding carboxylic acids is 1. The molecule has 1 amide bonds. The fourth-order valence-corrected chi connectivity index (χ4v) is 3.32. The van der Waals surface area contributed by atoms with E-state index in [9.17, 15) is 4.79 Å². The highest BCUT2D eigenvalue weighted by Gasteiger charge is 2.21. The van der Waals surface area contributed by atoms with Gasteiger partial charge in [0, 0.05) is 57.9 Å². The number of pyridine rings is 1. The van der Waals surface area contributed by atoms with Crippen molar-refractivity contribution in [2.75, 3.05) is 45.8 Å². The highest BCUT2D eigenvalue weighted by atomic mass is 16.5. The molecule has 0 saturated carbocycles. The number of aliphatic imine (C=N–C) groups is 1. The molecule has 0 aromatic carbocycles. The molecule has 0 unspecified atom stereocenters. The van der Waals surface area contributed by atoms with E-state index in [0.717, 1.165) is 38.7 Å². The highest BCUT2D eigenvalue weighted by Crippen LogP contribution is 2.13. The summed E-state index contributed by atoms with van der Waals surface area (Å²) in [6, 6.07) is 5.74. The van der Waals surface area contributed by atoms with Crippen LogP contribution in [-0.2, 0) is 11.2 Å². The predicted octanol–water partition coefficient (Wildman–Crippen LogP) is 0.782. The van der Waals surface area contributed by atoms with Gasteiger partial charge in [0.25, 0.3) is 5.89 Å². The van der Waals surface area contributed by atoms with Crippen molar-refractivity contribution in [1.29, 1.82) is 0 Å². The Morgan fingerprint density at radius 1 is 1.26 bits per heavy atom. The number of amides is 1. The van der Waals surface area contributed by atoms with Crippen LogP contribution in [0, 0.1) is 0 Å². The molecule has 0 spiro atoms. The Balaban J connectivity index is 1.49. The summed E-state index contributed by atoms with van der Waals surface area (Å²) >= 11 is 0. The van der Waals surface area contributed by atoms with Crippen molar-refractivity contribution in [2.45, 2.75) is 33.2 Å². The van der Waals surface area contributed by atoms with Gasteiger partial charge in [0.1, 0.15) is 5.69 Å². The second-order valence-electron chi connectivity index (χ2n) is 7.70. The summed E-state index contributed by atoms with van der Waals surface area (Å²) in [6.45, 7) is 11.1. The third-order valence-corrected chi connectivity index (χ3v) is 4.77. The molecule has 10 nitrogen and oxygen atoms in total. The molecule has 168 valence electrons. The maximum absolute atomic E-state index is 12.0. The van der Waals surface area contributed by atoms with Crippen molar-refractivity contribution in [3.8, 4) is 11.6 Å². The summed E-state index contributed by atoms with van der Waals surface area (Å²) < 4.78 is 5.30. The molecule has 0 aliphatic carbocycles. The Morgan fingerprint density at radius 3 is 2.74 bits per heavy atom. The number of hydrogen-bond donors (Lipinski definition) is 2. The lowest BCUT2D eigenvalue weighted by Crippen LogP contribution is -2.54. The molecule has 3 rings (SSSR count).